The molecule has 4 N–H and O–H groups in total. The topological polar surface area (TPSA) is 149 Å². The maximum absolute atomic E-state index is 12.0. The number of carbonyl (C=O) groups excluding carboxylic acids is 2. The Labute approximate surface area is 275 Å². The molecule has 4 aromatic carbocycles. The van der Waals surface area contributed by atoms with Gasteiger partial charge in [-0.1, -0.05) is 109 Å². The van der Waals surface area contributed by atoms with E-state index in [1.54, 1.807) is 36.4 Å². The maximum Gasteiger partial charge on any atom is 0.328 e. The van der Waals surface area contributed by atoms with Crippen molar-refractivity contribution < 1.29 is 39.6 Å². The Kier molecular flexibility index (Phi) is 14.4. The van der Waals surface area contributed by atoms with Crippen molar-refractivity contribution in [2.75, 3.05) is 0 Å². The molecule has 0 heterocycles. The minimum atomic E-state index is -1.38. The highest BCUT2D eigenvalue weighted by Crippen LogP contribution is 2.18. The fourth-order valence-corrected chi connectivity index (χ4v) is 3.95. The number of hydrogen-bond acceptors (Lipinski definition) is 6. The van der Waals surface area contributed by atoms with Crippen LogP contribution < -0.4 is 0 Å². The lowest BCUT2D eigenvalue weighted by Gasteiger charge is -2.16. The van der Waals surface area contributed by atoms with E-state index in [-0.39, 0.29) is 11.6 Å². The summed E-state index contributed by atoms with van der Waals surface area (Å²) in [7, 11) is 0. The number of Topliss-reactive ketones (excluding diaryl/α,β-unsaturated/α-hetero) is 2. The zero-order chi connectivity index (χ0) is 35.0. The average molecular weight is 637 g/mol. The number of carboxylic acid groups (broad SMARTS) is 2. The molecule has 244 valence electrons. The first-order valence-electron chi connectivity index (χ1n) is 14.7. The molecule has 0 unspecified atom stereocenters. The quantitative estimate of drug-likeness (QED) is 0.110. The number of benzene rings is 4. The van der Waals surface area contributed by atoms with Gasteiger partial charge in [-0.2, -0.15) is 0 Å². The van der Waals surface area contributed by atoms with Crippen LogP contribution in [0.4, 0.5) is 0 Å². The van der Waals surface area contributed by atoms with Crippen LogP contribution in [-0.2, 0) is 16.0 Å². The van der Waals surface area contributed by atoms with Crippen LogP contribution in [-0.4, -0.2) is 55.1 Å². The molecule has 0 amide bonds. The zero-order valence-electron chi connectivity index (χ0n) is 26.8. The van der Waals surface area contributed by atoms with Crippen LogP contribution >= 0.6 is 0 Å². The van der Waals surface area contributed by atoms with Crippen LogP contribution in [0.3, 0.4) is 0 Å². The highest BCUT2D eigenvalue weighted by Gasteiger charge is 2.25. The summed E-state index contributed by atoms with van der Waals surface area (Å²) in [5.41, 5.74) is 2.02. The molecule has 0 saturated heterocycles. The molecular weight excluding hydrogens is 596 g/mol. The van der Waals surface area contributed by atoms with Crippen molar-refractivity contribution in [3.05, 3.63) is 155 Å². The standard InChI is InChI=1S/C21H24O4.2C9H8O2/c1-20(2,24)18(22)16-9-5-14(6-10-16)13-15-7-11-17(12-8-15)19(23)21(3,4)25;2*10-9(11)7-6-8-4-2-1-3-5-8/h5-12,24-25H,13H2,1-4H3;2*1-7H,(H,10,11). The summed E-state index contributed by atoms with van der Waals surface area (Å²) in [6, 6.07) is 32.9. The number of rotatable bonds is 10. The minimum Gasteiger partial charge on any atom is -0.478 e. The van der Waals surface area contributed by atoms with Crippen LogP contribution in [0.25, 0.3) is 12.2 Å². The summed E-state index contributed by atoms with van der Waals surface area (Å²) in [6.07, 6.45) is 6.02. The van der Waals surface area contributed by atoms with Crippen molar-refractivity contribution in [2.45, 2.75) is 45.3 Å². The highest BCUT2D eigenvalue weighted by molar-refractivity contribution is 6.02. The average Bonchev–Trinajstić information content (AvgIpc) is 3.03. The van der Waals surface area contributed by atoms with Gasteiger partial charge in [-0.3, -0.25) is 9.59 Å². The van der Waals surface area contributed by atoms with Crippen LogP contribution in [0.2, 0.25) is 0 Å². The van der Waals surface area contributed by atoms with Crippen LogP contribution in [0.5, 0.6) is 0 Å². The van der Waals surface area contributed by atoms with Crippen LogP contribution in [0.1, 0.15) is 70.7 Å². The largest absolute Gasteiger partial charge is 0.478 e. The number of aliphatic carboxylic acids is 2. The fraction of sp³-hybridized carbons (Fsp3) is 0.179. The maximum atomic E-state index is 12.0. The third-order valence-electron chi connectivity index (χ3n) is 6.39. The van der Waals surface area contributed by atoms with Crippen molar-refractivity contribution >= 4 is 35.7 Å². The Morgan fingerprint density at radius 1 is 0.511 bits per heavy atom. The van der Waals surface area contributed by atoms with Gasteiger partial charge in [0.2, 0.25) is 0 Å². The summed E-state index contributed by atoms with van der Waals surface area (Å²) in [6.45, 7) is 5.89. The molecule has 0 atom stereocenters. The van der Waals surface area contributed by atoms with E-state index in [9.17, 15) is 29.4 Å². The lowest BCUT2D eigenvalue weighted by molar-refractivity contribution is -0.132. The number of ketones is 2. The molecule has 0 aliphatic heterocycles. The van der Waals surface area contributed by atoms with Crippen molar-refractivity contribution in [2.24, 2.45) is 0 Å². The molecule has 0 spiro atoms. The molecule has 0 aliphatic carbocycles. The van der Waals surface area contributed by atoms with Gasteiger partial charge in [0, 0.05) is 23.3 Å². The lowest BCUT2D eigenvalue weighted by atomic mass is 9.94. The normalized spacial score (nSPS) is 11.2. The van der Waals surface area contributed by atoms with Gasteiger partial charge in [0.1, 0.15) is 11.2 Å². The molecule has 0 fully saturated rings. The second kappa shape index (κ2) is 17.9. The predicted molar refractivity (Wildman–Crippen MR) is 183 cm³/mol. The molecular formula is C39H40O8. The fourth-order valence-electron chi connectivity index (χ4n) is 3.95. The first-order valence-corrected chi connectivity index (χ1v) is 14.7. The third kappa shape index (κ3) is 14.5. The molecule has 8 nitrogen and oxygen atoms in total. The molecule has 4 rings (SSSR count). The molecule has 0 bridgehead atoms. The van der Waals surface area contributed by atoms with Gasteiger partial charge < -0.3 is 20.4 Å². The van der Waals surface area contributed by atoms with Gasteiger partial charge in [0.05, 0.1) is 0 Å². The second-order valence-electron chi connectivity index (χ2n) is 11.5. The smallest absolute Gasteiger partial charge is 0.328 e. The molecule has 8 heteroatoms. The SMILES string of the molecule is CC(C)(O)C(=O)c1ccc(Cc2ccc(C(=O)C(C)(C)O)cc2)cc1.O=C(O)C=Cc1ccccc1.O=C(O)C=Cc1ccccc1. The Morgan fingerprint density at radius 2 is 0.809 bits per heavy atom. The van der Waals surface area contributed by atoms with Gasteiger partial charge >= 0.3 is 11.9 Å². The number of carbonyl (C=O) groups is 4. The molecule has 0 aliphatic rings. The van der Waals surface area contributed by atoms with E-state index < -0.39 is 23.1 Å². The molecule has 0 saturated carbocycles. The van der Waals surface area contributed by atoms with Crippen molar-refractivity contribution in [1.29, 1.82) is 0 Å². The van der Waals surface area contributed by atoms with E-state index in [2.05, 4.69) is 0 Å². The summed E-state index contributed by atoms with van der Waals surface area (Å²) in [5, 5.41) is 36.1. The van der Waals surface area contributed by atoms with E-state index in [1.165, 1.54) is 27.7 Å². The summed E-state index contributed by atoms with van der Waals surface area (Å²) >= 11 is 0. The molecule has 4 aromatic rings. The molecule has 47 heavy (non-hydrogen) atoms. The van der Waals surface area contributed by atoms with Crippen molar-refractivity contribution in [1.82, 2.24) is 0 Å². The summed E-state index contributed by atoms with van der Waals surface area (Å²) in [4.78, 5) is 44.2. The number of aliphatic hydroxyl groups is 2. The van der Waals surface area contributed by atoms with Crippen LogP contribution in [0.15, 0.2) is 121 Å². The number of hydrogen-bond donors (Lipinski definition) is 4. The van der Waals surface area contributed by atoms with Gasteiger partial charge in [-0.25, -0.2) is 9.59 Å². The van der Waals surface area contributed by atoms with Crippen molar-refractivity contribution in [3.63, 3.8) is 0 Å². The Morgan fingerprint density at radius 3 is 1.06 bits per heavy atom. The third-order valence-corrected chi connectivity index (χ3v) is 6.39. The van der Waals surface area contributed by atoms with E-state index in [0.717, 1.165) is 34.4 Å². The monoisotopic (exact) mass is 636 g/mol. The van der Waals surface area contributed by atoms with Gasteiger partial charge in [-0.15, -0.1) is 0 Å². The Bertz CT molecular complexity index is 1530. The highest BCUT2D eigenvalue weighted by atomic mass is 16.4. The van der Waals surface area contributed by atoms with Crippen LogP contribution in [0, 0.1) is 0 Å². The minimum absolute atomic E-state index is 0.312. The van der Waals surface area contributed by atoms with E-state index >= 15 is 0 Å². The predicted octanol–water partition coefficient (Wildman–Crippen LogP) is 6.75. The lowest BCUT2D eigenvalue weighted by Crippen LogP contribution is -2.31. The molecule has 0 radical (unpaired) electrons. The van der Waals surface area contributed by atoms with Gasteiger partial charge in [0.15, 0.2) is 11.6 Å². The number of carboxylic acids is 2. The van der Waals surface area contributed by atoms with E-state index in [4.69, 9.17) is 10.2 Å². The van der Waals surface area contributed by atoms with Gasteiger partial charge in [-0.05, 0) is 68.5 Å². The second-order valence-corrected chi connectivity index (χ2v) is 11.5. The molecule has 0 aromatic heterocycles. The van der Waals surface area contributed by atoms with E-state index in [0.29, 0.717) is 17.5 Å². The van der Waals surface area contributed by atoms with Crippen molar-refractivity contribution in [3.8, 4) is 0 Å². The first kappa shape index (κ1) is 37.7. The first-order chi connectivity index (χ1) is 22.1. The Hall–Kier alpha value is -5.44. The summed E-state index contributed by atoms with van der Waals surface area (Å²) in [5.74, 6) is -2.47. The summed E-state index contributed by atoms with van der Waals surface area (Å²) < 4.78 is 0. The zero-order valence-corrected chi connectivity index (χ0v) is 26.8. The van der Waals surface area contributed by atoms with Gasteiger partial charge in [0.25, 0.3) is 0 Å². The Balaban J connectivity index is 0.000000287. The van der Waals surface area contributed by atoms with E-state index in [1.807, 2.05) is 84.9 Å².